The minimum Gasteiger partial charge on any atom is -0.477 e. The molecule has 206 valence electrons. The molecule has 1 aliphatic heterocycles. The van der Waals surface area contributed by atoms with Crippen LogP contribution in [0.3, 0.4) is 0 Å². The lowest BCUT2D eigenvalue weighted by molar-refractivity contribution is -0.146. The molecule has 0 bridgehead atoms. The number of rotatable bonds is 5. The molecule has 0 unspecified atom stereocenters. The molecule has 38 heavy (non-hydrogen) atoms. The zero-order valence-electron chi connectivity index (χ0n) is 21.9. The van der Waals surface area contributed by atoms with Crippen LogP contribution in [0.2, 0.25) is 5.28 Å². The zero-order chi connectivity index (χ0) is 27.8. The molecule has 0 atom stereocenters. The molecular weight excluding hydrogens is 525 g/mol. The predicted molar refractivity (Wildman–Crippen MR) is 135 cm³/mol. The third kappa shape index (κ3) is 6.28. The average Bonchev–Trinajstić information content (AvgIpc) is 3.15. The molecule has 0 N–H and O–H groups in total. The Labute approximate surface area is 223 Å². The van der Waals surface area contributed by atoms with Gasteiger partial charge in [-0.15, -0.1) is 0 Å². The minimum atomic E-state index is -4.66. The smallest absolute Gasteiger partial charge is 0.449 e. The van der Waals surface area contributed by atoms with Crippen LogP contribution in [-0.2, 0) is 18.0 Å². The number of fused-ring (bicyclic) bond motifs is 1. The van der Waals surface area contributed by atoms with Crippen molar-refractivity contribution < 1.29 is 27.4 Å². The summed E-state index contributed by atoms with van der Waals surface area (Å²) < 4.78 is 52.4. The van der Waals surface area contributed by atoms with Gasteiger partial charge in [0.05, 0.1) is 6.61 Å². The first-order valence-corrected chi connectivity index (χ1v) is 12.7. The number of alkyl halides is 3. The summed E-state index contributed by atoms with van der Waals surface area (Å²) >= 11 is 6.02. The zero-order valence-corrected chi connectivity index (χ0v) is 22.7. The molecule has 0 radical (unpaired) electrons. The van der Waals surface area contributed by atoms with E-state index in [2.05, 4.69) is 19.9 Å². The molecule has 4 rings (SSSR count). The lowest BCUT2D eigenvalue weighted by Crippen LogP contribution is -2.41. The van der Waals surface area contributed by atoms with E-state index >= 15 is 0 Å². The van der Waals surface area contributed by atoms with Gasteiger partial charge in [-0.2, -0.15) is 18.2 Å². The maximum atomic E-state index is 13.4. The van der Waals surface area contributed by atoms with Crippen molar-refractivity contribution in [2.24, 2.45) is 13.0 Å². The second-order valence-electron chi connectivity index (χ2n) is 10.4. The van der Waals surface area contributed by atoms with Gasteiger partial charge in [0.1, 0.15) is 16.8 Å². The molecule has 0 aliphatic carbocycles. The second kappa shape index (κ2) is 10.5. The van der Waals surface area contributed by atoms with Crippen LogP contribution in [-0.4, -0.2) is 60.8 Å². The number of ether oxygens (including phenoxy) is 2. The Morgan fingerprint density at radius 1 is 1.16 bits per heavy atom. The molecule has 1 saturated heterocycles. The van der Waals surface area contributed by atoms with Gasteiger partial charge in [0, 0.05) is 37.5 Å². The molecule has 0 spiro atoms. The highest BCUT2D eigenvalue weighted by molar-refractivity contribution is 6.28. The number of aromatic nitrogens is 5. The number of nitrogens with zero attached hydrogens (tertiary/aromatic N) is 6. The van der Waals surface area contributed by atoms with Gasteiger partial charge in [-0.3, -0.25) is 0 Å². The molecule has 4 heterocycles. The number of likely N-dealkylation sites (tertiary alicyclic amines) is 1. The Kier molecular flexibility index (Phi) is 7.74. The molecule has 3 aromatic heterocycles. The quantitative estimate of drug-likeness (QED) is 0.367. The van der Waals surface area contributed by atoms with Crippen molar-refractivity contribution in [2.45, 2.75) is 58.7 Å². The molecule has 3 aromatic rings. The van der Waals surface area contributed by atoms with Gasteiger partial charge >= 0.3 is 12.3 Å². The Morgan fingerprint density at radius 2 is 1.84 bits per heavy atom. The fraction of sp³-hybridized carbons (Fsp3) is 0.560. The number of piperidine rings is 1. The topological polar surface area (TPSA) is 95.3 Å². The number of pyridine rings is 1. The second-order valence-corrected chi connectivity index (χ2v) is 10.7. The van der Waals surface area contributed by atoms with Crippen LogP contribution >= 0.6 is 11.6 Å². The van der Waals surface area contributed by atoms with Crippen LogP contribution in [0.1, 0.15) is 51.4 Å². The van der Waals surface area contributed by atoms with Crippen LogP contribution in [0.25, 0.3) is 22.4 Å². The normalized spacial score (nSPS) is 15.2. The average molecular weight is 555 g/mol. The van der Waals surface area contributed by atoms with Gasteiger partial charge in [-0.25, -0.2) is 19.7 Å². The Hall–Kier alpha value is -3.15. The minimum absolute atomic E-state index is 0.0168. The molecule has 0 saturated carbocycles. The van der Waals surface area contributed by atoms with E-state index in [4.69, 9.17) is 21.1 Å². The fourth-order valence-corrected chi connectivity index (χ4v) is 4.55. The Bertz CT molecular complexity index is 1330. The highest BCUT2D eigenvalue weighted by Gasteiger charge is 2.38. The summed E-state index contributed by atoms with van der Waals surface area (Å²) in [6, 6.07) is 1.72. The van der Waals surface area contributed by atoms with Gasteiger partial charge in [0.2, 0.25) is 17.0 Å². The van der Waals surface area contributed by atoms with Crippen molar-refractivity contribution in [3.05, 3.63) is 28.9 Å². The van der Waals surface area contributed by atoms with Gasteiger partial charge < -0.3 is 18.9 Å². The molecule has 0 aromatic carbocycles. The molecule has 1 amide bonds. The third-order valence-corrected chi connectivity index (χ3v) is 6.45. The summed E-state index contributed by atoms with van der Waals surface area (Å²) in [5.41, 5.74) is 0.741. The number of amides is 1. The maximum Gasteiger partial charge on any atom is 0.449 e. The predicted octanol–water partition coefficient (Wildman–Crippen LogP) is 5.82. The van der Waals surface area contributed by atoms with Gasteiger partial charge in [-0.1, -0.05) is 0 Å². The highest BCUT2D eigenvalue weighted by Crippen LogP contribution is 2.34. The fourth-order valence-electron chi connectivity index (χ4n) is 4.39. The van der Waals surface area contributed by atoms with E-state index in [0.29, 0.717) is 42.6 Å². The molecule has 9 nitrogen and oxygen atoms in total. The number of imidazole rings is 1. The summed E-state index contributed by atoms with van der Waals surface area (Å²) in [4.78, 5) is 30.2. The number of halogens is 4. The van der Waals surface area contributed by atoms with E-state index in [1.54, 1.807) is 17.9 Å². The van der Waals surface area contributed by atoms with Gasteiger partial charge in [0.25, 0.3) is 0 Å². The van der Waals surface area contributed by atoms with E-state index in [-0.39, 0.29) is 28.2 Å². The highest BCUT2D eigenvalue weighted by atomic mass is 35.5. The third-order valence-electron chi connectivity index (χ3n) is 6.28. The molecule has 1 fully saturated rings. The number of aryl methyl sites for hydroxylation is 2. The Balaban J connectivity index is 1.40. The Morgan fingerprint density at radius 3 is 2.45 bits per heavy atom. The lowest BCUT2D eigenvalue weighted by atomic mass is 9.94. The molecule has 1 aliphatic rings. The maximum absolute atomic E-state index is 13.4. The van der Waals surface area contributed by atoms with Gasteiger partial charge in [-0.05, 0) is 70.5 Å². The van der Waals surface area contributed by atoms with Crippen molar-refractivity contribution in [2.75, 3.05) is 19.7 Å². The summed E-state index contributed by atoms with van der Waals surface area (Å²) in [5.74, 6) is -0.253. The van der Waals surface area contributed by atoms with Crippen LogP contribution in [0.15, 0.2) is 12.3 Å². The summed E-state index contributed by atoms with van der Waals surface area (Å²) in [6.07, 6.45) is -0.930. The van der Waals surface area contributed by atoms with Crippen LogP contribution < -0.4 is 4.74 Å². The SMILES string of the molecule is Cc1cc(-c2nc(Cl)nc3c2nc(C(F)(F)F)n3C)cnc1OCCC1CCN(C(=O)OC(C)(C)C)CC1. The molecule has 13 heteroatoms. The standard InChI is InChI=1S/C25H30ClF3N6O3/c1-14-12-16(17-18-19(33-22(26)32-17)34(5)21(31-18)25(27,28)29)13-30-20(14)37-11-8-15-6-9-35(10-7-15)23(36)38-24(2,3)4/h12-13,15H,6-11H2,1-5H3. The summed E-state index contributed by atoms with van der Waals surface area (Å²) in [7, 11) is 1.23. The van der Waals surface area contributed by atoms with E-state index in [1.165, 1.54) is 13.2 Å². The van der Waals surface area contributed by atoms with Crippen molar-refractivity contribution in [1.29, 1.82) is 0 Å². The number of carbonyl (C=O) groups excluding carboxylic acids is 1. The summed E-state index contributed by atoms with van der Waals surface area (Å²) in [6.45, 7) is 9.08. The van der Waals surface area contributed by atoms with Crippen LogP contribution in [0, 0.1) is 12.8 Å². The van der Waals surface area contributed by atoms with Crippen LogP contribution in [0.5, 0.6) is 5.88 Å². The van der Waals surface area contributed by atoms with Crippen molar-refractivity contribution in [1.82, 2.24) is 29.4 Å². The first-order chi connectivity index (χ1) is 17.7. The first kappa shape index (κ1) is 27.9. The number of carbonyl (C=O) groups is 1. The molecular formula is C25H30ClF3N6O3. The largest absolute Gasteiger partial charge is 0.477 e. The van der Waals surface area contributed by atoms with E-state index in [0.717, 1.165) is 23.8 Å². The van der Waals surface area contributed by atoms with Crippen molar-refractivity contribution in [3.8, 4) is 17.1 Å². The van der Waals surface area contributed by atoms with Crippen LogP contribution in [0.4, 0.5) is 18.0 Å². The van der Waals surface area contributed by atoms with Crippen molar-refractivity contribution in [3.63, 3.8) is 0 Å². The van der Waals surface area contributed by atoms with Crippen molar-refractivity contribution >= 4 is 28.9 Å². The van der Waals surface area contributed by atoms with E-state index < -0.39 is 17.6 Å². The summed E-state index contributed by atoms with van der Waals surface area (Å²) in [5, 5.41) is -0.195. The monoisotopic (exact) mass is 554 g/mol. The number of hydrogen-bond acceptors (Lipinski definition) is 7. The van der Waals surface area contributed by atoms with Gasteiger partial charge in [0.15, 0.2) is 5.65 Å². The lowest BCUT2D eigenvalue weighted by Gasteiger charge is -2.33. The van der Waals surface area contributed by atoms with E-state index in [1.807, 2.05) is 20.8 Å². The number of hydrogen-bond donors (Lipinski definition) is 0. The first-order valence-electron chi connectivity index (χ1n) is 12.3. The van der Waals surface area contributed by atoms with E-state index in [9.17, 15) is 18.0 Å².